The summed E-state index contributed by atoms with van der Waals surface area (Å²) >= 11 is 0. The van der Waals surface area contributed by atoms with Gasteiger partial charge < -0.3 is 16.8 Å². The van der Waals surface area contributed by atoms with Crippen LogP contribution in [0.1, 0.15) is 58.1 Å². The third-order valence-corrected chi connectivity index (χ3v) is 5.99. The van der Waals surface area contributed by atoms with Crippen molar-refractivity contribution < 1.29 is 4.39 Å². The maximum atomic E-state index is 13.9. The van der Waals surface area contributed by atoms with E-state index in [4.69, 9.17) is 0 Å². The summed E-state index contributed by atoms with van der Waals surface area (Å²) in [6, 6.07) is 7.22. The predicted molar refractivity (Wildman–Crippen MR) is 107 cm³/mol. The van der Waals surface area contributed by atoms with E-state index in [1.54, 1.807) is 12.1 Å². The van der Waals surface area contributed by atoms with Crippen LogP contribution in [0.3, 0.4) is 0 Å². The van der Waals surface area contributed by atoms with Gasteiger partial charge in [0.15, 0.2) is 0 Å². The van der Waals surface area contributed by atoms with Crippen LogP contribution in [0.15, 0.2) is 30.5 Å². The molecule has 0 amide bonds. The predicted octanol–water partition coefficient (Wildman–Crippen LogP) is 4.74. The van der Waals surface area contributed by atoms with Gasteiger partial charge in [0.1, 0.15) is 5.82 Å². The number of hydrogen-bond donors (Lipinski definition) is 3. The molecule has 1 unspecified atom stereocenters. The van der Waals surface area contributed by atoms with Crippen molar-refractivity contribution in [3.8, 4) is 0 Å². The summed E-state index contributed by atoms with van der Waals surface area (Å²) in [6.45, 7) is 8.87. The van der Waals surface area contributed by atoms with Crippen LogP contribution in [0.2, 0.25) is 0 Å². The standard InChI is InChI=1S/C21H30FN3.H3N/c1-4-21(3,5-2)25-20(15-8-11-23-12-9-15)17-10-13-24-19-7-6-16(22)14-18(17)19;/h6-7,10,13-15,20,23,25H,4-5,8-9,11-12H2,1-3H3;1H3. The monoisotopic (exact) mass is 360 g/mol. The van der Waals surface area contributed by atoms with E-state index in [0.29, 0.717) is 5.92 Å². The van der Waals surface area contributed by atoms with Crippen LogP contribution in [-0.2, 0) is 0 Å². The van der Waals surface area contributed by atoms with Crippen molar-refractivity contribution in [2.45, 2.75) is 58.0 Å². The summed E-state index contributed by atoms with van der Waals surface area (Å²) in [4.78, 5) is 4.44. The average molecular weight is 361 g/mol. The van der Waals surface area contributed by atoms with Crippen LogP contribution in [0.25, 0.3) is 10.9 Å². The molecule has 5 N–H and O–H groups in total. The molecule has 1 aromatic heterocycles. The fourth-order valence-corrected chi connectivity index (χ4v) is 3.87. The van der Waals surface area contributed by atoms with E-state index < -0.39 is 0 Å². The van der Waals surface area contributed by atoms with Crippen LogP contribution in [0, 0.1) is 11.7 Å². The number of nitrogens with zero attached hydrogens (tertiary/aromatic N) is 1. The Morgan fingerprint density at radius 2 is 1.92 bits per heavy atom. The highest BCUT2D eigenvalue weighted by atomic mass is 19.1. The molecule has 0 bridgehead atoms. The first-order valence-electron chi connectivity index (χ1n) is 9.59. The molecular formula is C21H33FN4. The molecule has 144 valence electrons. The first-order valence-corrected chi connectivity index (χ1v) is 9.59. The molecule has 1 aliphatic heterocycles. The van der Waals surface area contributed by atoms with E-state index in [0.717, 1.165) is 49.7 Å². The zero-order chi connectivity index (χ0) is 17.9. The fourth-order valence-electron chi connectivity index (χ4n) is 3.87. The zero-order valence-electron chi connectivity index (χ0n) is 16.3. The molecule has 1 aliphatic rings. The fraction of sp³-hybridized carbons (Fsp3) is 0.571. The minimum Gasteiger partial charge on any atom is -0.344 e. The van der Waals surface area contributed by atoms with Gasteiger partial charge in [-0.3, -0.25) is 4.98 Å². The number of pyridine rings is 1. The highest BCUT2D eigenvalue weighted by Crippen LogP contribution is 2.35. The van der Waals surface area contributed by atoms with E-state index >= 15 is 0 Å². The Balaban J connectivity index is 0.00000243. The molecule has 5 heteroatoms. The van der Waals surface area contributed by atoms with Gasteiger partial charge >= 0.3 is 0 Å². The molecule has 1 atom stereocenters. The summed E-state index contributed by atoms with van der Waals surface area (Å²) in [5.74, 6) is 0.354. The molecule has 2 aromatic rings. The third-order valence-electron chi connectivity index (χ3n) is 5.99. The van der Waals surface area contributed by atoms with Crippen molar-refractivity contribution in [3.63, 3.8) is 0 Å². The lowest BCUT2D eigenvalue weighted by molar-refractivity contribution is 0.211. The van der Waals surface area contributed by atoms with E-state index in [1.807, 2.05) is 6.20 Å². The average Bonchev–Trinajstić information content (AvgIpc) is 2.66. The molecule has 4 nitrogen and oxygen atoms in total. The number of aromatic nitrogens is 1. The molecular weight excluding hydrogens is 327 g/mol. The maximum absolute atomic E-state index is 13.9. The van der Waals surface area contributed by atoms with Gasteiger partial charge in [0.05, 0.1) is 5.52 Å². The van der Waals surface area contributed by atoms with Crippen molar-refractivity contribution in [2.24, 2.45) is 5.92 Å². The van der Waals surface area contributed by atoms with Gasteiger partial charge in [0, 0.05) is 23.2 Å². The Labute approximate surface area is 156 Å². The van der Waals surface area contributed by atoms with Gasteiger partial charge in [-0.15, -0.1) is 0 Å². The number of benzene rings is 1. The van der Waals surface area contributed by atoms with E-state index in [9.17, 15) is 4.39 Å². The summed E-state index contributed by atoms with van der Waals surface area (Å²) in [5.41, 5.74) is 2.14. The first-order chi connectivity index (χ1) is 12.1. The van der Waals surface area contributed by atoms with Gasteiger partial charge in [0.25, 0.3) is 0 Å². The summed E-state index contributed by atoms with van der Waals surface area (Å²) in [7, 11) is 0. The van der Waals surface area contributed by atoms with Gasteiger partial charge in [-0.1, -0.05) is 13.8 Å². The quantitative estimate of drug-likeness (QED) is 0.695. The number of halogens is 1. The zero-order valence-corrected chi connectivity index (χ0v) is 16.3. The molecule has 0 radical (unpaired) electrons. The third kappa shape index (κ3) is 4.40. The van der Waals surface area contributed by atoms with Crippen LogP contribution in [0.5, 0.6) is 0 Å². The maximum Gasteiger partial charge on any atom is 0.123 e. The molecule has 1 aromatic carbocycles. The highest BCUT2D eigenvalue weighted by molar-refractivity contribution is 5.82. The second kappa shape index (κ2) is 8.89. The number of nitrogens with one attached hydrogen (secondary N) is 2. The van der Waals surface area contributed by atoms with Crippen molar-refractivity contribution in [3.05, 3.63) is 41.8 Å². The molecule has 1 fully saturated rings. The first kappa shape index (κ1) is 20.7. The highest BCUT2D eigenvalue weighted by Gasteiger charge is 2.31. The topological polar surface area (TPSA) is 72.0 Å². The van der Waals surface area contributed by atoms with E-state index in [2.05, 4.69) is 42.5 Å². The van der Waals surface area contributed by atoms with Gasteiger partial charge in [-0.2, -0.15) is 0 Å². The minimum absolute atomic E-state index is 0. The molecule has 3 rings (SSSR count). The molecule has 2 heterocycles. The molecule has 0 spiro atoms. The lowest BCUT2D eigenvalue weighted by Crippen LogP contribution is -2.47. The molecule has 0 aliphatic carbocycles. The van der Waals surface area contributed by atoms with Crippen molar-refractivity contribution in [1.82, 2.24) is 21.8 Å². The summed E-state index contributed by atoms with van der Waals surface area (Å²) in [5, 5.41) is 8.35. The van der Waals surface area contributed by atoms with Gasteiger partial charge in [0.2, 0.25) is 0 Å². The Hall–Kier alpha value is -1.56. The Morgan fingerprint density at radius 1 is 1.23 bits per heavy atom. The van der Waals surface area contributed by atoms with Crippen LogP contribution in [-0.4, -0.2) is 23.6 Å². The number of hydrogen-bond acceptors (Lipinski definition) is 4. The van der Waals surface area contributed by atoms with Crippen LogP contribution in [0.4, 0.5) is 4.39 Å². The van der Waals surface area contributed by atoms with Crippen molar-refractivity contribution >= 4 is 10.9 Å². The largest absolute Gasteiger partial charge is 0.344 e. The number of rotatable bonds is 6. The smallest absolute Gasteiger partial charge is 0.123 e. The summed E-state index contributed by atoms with van der Waals surface area (Å²) in [6.07, 6.45) is 6.28. The lowest BCUT2D eigenvalue weighted by atomic mass is 9.82. The van der Waals surface area contributed by atoms with E-state index in [1.165, 1.54) is 11.6 Å². The molecule has 1 saturated heterocycles. The normalized spacial score (nSPS) is 17.1. The molecule has 0 saturated carbocycles. The second-order valence-electron chi connectivity index (χ2n) is 7.54. The van der Waals surface area contributed by atoms with Gasteiger partial charge in [-0.25, -0.2) is 4.39 Å². The summed E-state index contributed by atoms with van der Waals surface area (Å²) < 4.78 is 13.9. The van der Waals surface area contributed by atoms with Crippen molar-refractivity contribution in [1.29, 1.82) is 0 Å². The molecule has 26 heavy (non-hydrogen) atoms. The Morgan fingerprint density at radius 3 is 2.58 bits per heavy atom. The Kier molecular flexibility index (Phi) is 7.09. The number of piperidine rings is 1. The van der Waals surface area contributed by atoms with Crippen LogP contribution < -0.4 is 16.8 Å². The Bertz CT molecular complexity index is 708. The van der Waals surface area contributed by atoms with Crippen LogP contribution >= 0.6 is 0 Å². The van der Waals surface area contributed by atoms with Crippen molar-refractivity contribution in [2.75, 3.05) is 13.1 Å². The lowest BCUT2D eigenvalue weighted by Gasteiger charge is -2.39. The minimum atomic E-state index is -0.195. The number of fused-ring (bicyclic) bond motifs is 1. The van der Waals surface area contributed by atoms with Gasteiger partial charge in [-0.05, 0) is 81.4 Å². The second-order valence-corrected chi connectivity index (χ2v) is 7.54. The van der Waals surface area contributed by atoms with E-state index in [-0.39, 0.29) is 23.5 Å². The SMILES string of the molecule is CCC(C)(CC)NC(c1ccnc2ccc(F)cc12)C1CCNCC1.N.